The molecule has 1 aliphatic rings. The number of hydrogen-bond acceptors (Lipinski definition) is 7. The number of hydrogen-bond donors (Lipinski definition) is 3. The molecule has 0 saturated heterocycles. The maximum absolute atomic E-state index is 14.5. The van der Waals surface area contributed by atoms with Crippen LogP contribution in [0.2, 0.25) is 0 Å². The number of aromatic amines is 2. The van der Waals surface area contributed by atoms with Gasteiger partial charge in [-0.1, -0.05) is 6.07 Å². The summed E-state index contributed by atoms with van der Waals surface area (Å²) in [6, 6.07) is 12.6. The molecule has 0 saturated carbocycles. The van der Waals surface area contributed by atoms with Crippen molar-refractivity contribution in [3.8, 4) is 22.6 Å². The molecule has 0 bridgehead atoms. The van der Waals surface area contributed by atoms with Crippen molar-refractivity contribution in [2.75, 3.05) is 19.8 Å². The minimum atomic E-state index is -3.42. The summed E-state index contributed by atoms with van der Waals surface area (Å²) in [5, 5.41) is 8.52. The van der Waals surface area contributed by atoms with Crippen LogP contribution in [0, 0.1) is 5.82 Å². The number of rotatable bonds is 6. The topological polar surface area (TPSA) is 132 Å². The van der Waals surface area contributed by atoms with Crippen molar-refractivity contribution in [1.29, 1.82) is 0 Å². The fraction of sp³-hybridized carbons (Fsp3) is 0.231. The first kappa shape index (κ1) is 24.2. The molecule has 4 heterocycles. The first-order valence-electron chi connectivity index (χ1n) is 12.0. The molecule has 5 aromatic rings. The Morgan fingerprint density at radius 1 is 1.18 bits per heavy atom. The predicted octanol–water partition coefficient (Wildman–Crippen LogP) is 3.76. The van der Waals surface area contributed by atoms with Gasteiger partial charge in [-0.15, -0.1) is 0 Å². The number of aromatic nitrogens is 5. The van der Waals surface area contributed by atoms with Gasteiger partial charge in [0, 0.05) is 30.7 Å². The smallest absolute Gasteiger partial charge is 0.209 e. The highest BCUT2D eigenvalue weighted by molar-refractivity contribution is 7.88. The molecule has 3 aromatic heterocycles. The van der Waals surface area contributed by atoms with Gasteiger partial charge in [0.2, 0.25) is 10.0 Å². The van der Waals surface area contributed by atoms with Crippen molar-refractivity contribution in [3.05, 3.63) is 65.6 Å². The lowest BCUT2D eigenvalue weighted by atomic mass is 10.0. The van der Waals surface area contributed by atoms with E-state index in [0.717, 1.165) is 28.6 Å². The van der Waals surface area contributed by atoms with E-state index in [0.29, 0.717) is 45.9 Å². The van der Waals surface area contributed by atoms with Gasteiger partial charge in [-0.2, -0.15) is 5.10 Å². The molecule has 38 heavy (non-hydrogen) atoms. The van der Waals surface area contributed by atoms with Crippen molar-refractivity contribution in [2.24, 2.45) is 4.99 Å². The second-order valence-corrected chi connectivity index (χ2v) is 11.3. The second kappa shape index (κ2) is 8.99. The second-order valence-electron chi connectivity index (χ2n) is 9.48. The van der Waals surface area contributed by atoms with E-state index >= 15 is 0 Å². The van der Waals surface area contributed by atoms with Crippen molar-refractivity contribution in [3.63, 3.8) is 0 Å². The van der Waals surface area contributed by atoms with E-state index < -0.39 is 15.8 Å². The van der Waals surface area contributed by atoms with Crippen LogP contribution in [-0.4, -0.2) is 64.2 Å². The molecule has 1 unspecified atom stereocenters. The molecule has 1 aliphatic heterocycles. The van der Waals surface area contributed by atoms with Gasteiger partial charge >= 0.3 is 0 Å². The number of benzene rings is 2. The van der Waals surface area contributed by atoms with E-state index in [1.807, 2.05) is 20.0 Å². The molecule has 0 amide bonds. The zero-order valence-corrected chi connectivity index (χ0v) is 21.8. The highest BCUT2D eigenvalue weighted by atomic mass is 32.2. The number of pyridine rings is 1. The van der Waals surface area contributed by atoms with E-state index in [-0.39, 0.29) is 12.6 Å². The van der Waals surface area contributed by atoms with E-state index in [4.69, 9.17) is 4.98 Å². The summed E-state index contributed by atoms with van der Waals surface area (Å²) in [5.74, 6) is 1.07. The number of sulfonamides is 1. The quantitative estimate of drug-likeness (QED) is 0.305. The number of likely N-dealkylation sites (N-methyl/N-ethyl adjacent to an activating group) is 1. The van der Waals surface area contributed by atoms with E-state index in [1.165, 1.54) is 12.1 Å². The number of halogens is 1. The maximum Gasteiger partial charge on any atom is 0.209 e. The molecule has 10 nitrogen and oxygen atoms in total. The average molecular weight is 533 g/mol. The number of imidazole rings is 1. The highest BCUT2D eigenvalue weighted by Gasteiger charge is 2.24. The van der Waals surface area contributed by atoms with Gasteiger partial charge in [0.1, 0.15) is 11.5 Å². The molecule has 3 N–H and O–H groups in total. The van der Waals surface area contributed by atoms with Crippen LogP contribution >= 0.6 is 0 Å². The van der Waals surface area contributed by atoms with Crippen molar-refractivity contribution in [1.82, 2.24) is 34.8 Å². The number of fused-ring (bicyclic) bond motifs is 2. The predicted molar refractivity (Wildman–Crippen MR) is 145 cm³/mol. The summed E-state index contributed by atoms with van der Waals surface area (Å²) in [6.45, 7) is 2.69. The minimum absolute atomic E-state index is 0.0195. The molecular formula is C26H25FN8O2S. The minimum Gasteiger partial charge on any atom is -0.355 e. The molecule has 0 fully saturated rings. The Labute approximate surface area is 218 Å². The zero-order chi connectivity index (χ0) is 26.6. The molecule has 12 heteroatoms. The molecule has 194 valence electrons. The Morgan fingerprint density at radius 2 is 2.03 bits per heavy atom. The molecule has 0 spiro atoms. The summed E-state index contributed by atoms with van der Waals surface area (Å²) >= 11 is 0. The average Bonchev–Trinajstić information content (AvgIpc) is 3.58. The Morgan fingerprint density at radius 3 is 2.79 bits per heavy atom. The van der Waals surface area contributed by atoms with Gasteiger partial charge in [0.15, 0.2) is 11.5 Å². The van der Waals surface area contributed by atoms with Gasteiger partial charge in [0.25, 0.3) is 0 Å². The first-order valence-corrected chi connectivity index (χ1v) is 13.9. The number of nitrogens with zero attached hydrogens (tertiary/aromatic N) is 5. The molecule has 0 aliphatic carbocycles. The van der Waals surface area contributed by atoms with Crippen LogP contribution in [0.1, 0.15) is 24.1 Å². The highest BCUT2D eigenvalue weighted by Crippen LogP contribution is 2.33. The molecular weight excluding hydrogens is 507 g/mol. The standard InChI is InChI=1S/C26H25FN8O2S/c1-14-29-13-22(35(14)2)16-4-5-21-20(11-16)24(34-33-21)26-31-23-19(6-7-28-25(23)32-26)17-8-15(9-18(27)10-17)12-30-38(3,36)37/h4-11,22,30H,12-13H2,1-3H3,(H,33,34)(H,28,31,32). The lowest BCUT2D eigenvalue weighted by Gasteiger charge is -2.22. The van der Waals surface area contributed by atoms with E-state index in [1.54, 1.807) is 18.3 Å². The fourth-order valence-corrected chi connectivity index (χ4v) is 5.24. The molecule has 2 aromatic carbocycles. The van der Waals surface area contributed by atoms with Gasteiger partial charge in [-0.3, -0.25) is 10.1 Å². The van der Waals surface area contributed by atoms with Crippen LogP contribution in [0.25, 0.3) is 44.7 Å². The zero-order valence-electron chi connectivity index (χ0n) is 20.9. The van der Waals surface area contributed by atoms with Gasteiger partial charge < -0.3 is 9.88 Å². The van der Waals surface area contributed by atoms with Crippen LogP contribution in [0.5, 0.6) is 0 Å². The third-order valence-electron chi connectivity index (χ3n) is 6.87. The molecule has 1 atom stereocenters. The summed E-state index contributed by atoms with van der Waals surface area (Å²) in [6.07, 6.45) is 2.68. The molecule has 6 rings (SSSR count). The van der Waals surface area contributed by atoms with Crippen LogP contribution in [0.15, 0.2) is 53.7 Å². The van der Waals surface area contributed by atoms with E-state index in [9.17, 15) is 12.8 Å². The first-order chi connectivity index (χ1) is 18.2. The molecule has 0 radical (unpaired) electrons. The number of aliphatic imine (C=N–C) groups is 1. The van der Waals surface area contributed by atoms with E-state index in [2.05, 4.69) is 46.9 Å². The number of nitrogens with one attached hydrogen (secondary N) is 3. The van der Waals surface area contributed by atoms with Gasteiger partial charge in [-0.05, 0) is 60.0 Å². The third-order valence-corrected chi connectivity index (χ3v) is 7.53. The van der Waals surface area contributed by atoms with Crippen LogP contribution in [0.3, 0.4) is 0 Å². The van der Waals surface area contributed by atoms with Crippen molar-refractivity contribution in [2.45, 2.75) is 19.5 Å². The van der Waals surface area contributed by atoms with Gasteiger partial charge in [0.05, 0.1) is 35.7 Å². The Balaban J connectivity index is 1.41. The Hall–Kier alpha value is -4.16. The van der Waals surface area contributed by atoms with Crippen LogP contribution < -0.4 is 4.72 Å². The third kappa shape index (κ3) is 4.41. The monoisotopic (exact) mass is 532 g/mol. The van der Waals surface area contributed by atoms with Gasteiger partial charge in [-0.25, -0.2) is 27.5 Å². The Bertz CT molecular complexity index is 1840. The summed E-state index contributed by atoms with van der Waals surface area (Å²) in [7, 11) is -1.38. The lowest BCUT2D eigenvalue weighted by molar-refractivity contribution is 0.416. The van der Waals surface area contributed by atoms with Crippen LogP contribution in [-0.2, 0) is 16.6 Å². The SMILES string of the molecule is CC1=NCC(c2ccc3[nH]nc(-c4nc5nccc(-c6cc(F)cc(CNS(C)(=O)=O)c6)c5[nH]4)c3c2)N1C. The van der Waals surface area contributed by atoms with Crippen LogP contribution in [0.4, 0.5) is 4.39 Å². The van der Waals surface area contributed by atoms with Crippen molar-refractivity contribution >= 4 is 37.9 Å². The Kier molecular flexibility index (Phi) is 5.73. The normalized spacial score (nSPS) is 16.1. The summed E-state index contributed by atoms with van der Waals surface area (Å²) < 4.78 is 39.9. The maximum atomic E-state index is 14.5. The lowest BCUT2D eigenvalue weighted by Crippen LogP contribution is -2.24. The number of H-pyrrole nitrogens is 2. The summed E-state index contributed by atoms with van der Waals surface area (Å²) in [4.78, 5) is 19.2. The largest absolute Gasteiger partial charge is 0.355 e. The summed E-state index contributed by atoms with van der Waals surface area (Å²) in [5.41, 5.74) is 5.52. The number of amidine groups is 1. The fourth-order valence-electron chi connectivity index (χ4n) is 4.81. The van der Waals surface area contributed by atoms with Crippen molar-refractivity contribution < 1.29 is 12.8 Å².